The SMILES string of the molecule is O=C(NCc1ccccc1Cl)c1ccc(OCCc2ccccc2)cc1. The fourth-order valence-electron chi connectivity index (χ4n) is 2.55. The first kappa shape index (κ1) is 18.0. The lowest BCUT2D eigenvalue weighted by Crippen LogP contribution is -2.22. The van der Waals surface area contributed by atoms with Crippen molar-refractivity contribution in [2.24, 2.45) is 0 Å². The lowest BCUT2D eigenvalue weighted by atomic mass is 10.1. The molecule has 3 nitrogen and oxygen atoms in total. The topological polar surface area (TPSA) is 38.3 Å². The van der Waals surface area contributed by atoms with E-state index in [0.717, 1.165) is 17.7 Å². The molecule has 0 radical (unpaired) electrons. The van der Waals surface area contributed by atoms with Crippen molar-refractivity contribution in [3.05, 3.63) is 101 Å². The van der Waals surface area contributed by atoms with Gasteiger partial charge in [0.2, 0.25) is 0 Å². The lowest BCUT2D eigenvalue weighted by Gasteiger charge is -2.09. The van der Waals surface area contributed by atoms with E-state index < -0.39 is 0 Å². The van der Waals surface area contributed by atoms with Gasteiger partial charge in [0.05, 0.1) is 6.61 Å². The van der Waals surface area contributed by atoms with Crippen LogP contribution in [0.15, 0.2) is 78.9 Å². The first-order valence-corrected chi connectivity index (χ1v) is 8.88. The van der Waals surface area contributed by atoms with Gasteiger partial charge in [0, 0.05) is 23.6 Å². The first-order chi connectivity index (χ1) is 12.7. The van der Waals surface area contributed by atoms with Gasteiger partial charge in [-0.2, -0.15) is 0 Å². The maximum absolute atomic E-state index is 12.2. The maximum atomic E-state index is 12.2. The van der Waals surface area contributed by atoms with Crippen LogP contribution in [-0.4, -0.2) is 12.5 Å². The predicted molar refractivity (Wildman–Crippen MR) is 105 cm³/mol. The highest BCUT2D eigenvalue weighted by Crippen LogP contribution is 2.16. The van der Waals surface area contributed by atoms with E-state index in [1.165, 1.54) is 5.56 Å². The molecule has 0 saturated carbocycles. The van der Waals surface area contributed by atoms with Gasteiger partial charge in [0.15, 0.2) is 0 Å². The van der Waals surface area contributed by atoms with Gasteiger partial charge >= 0.3 is 0 Å². The summed E-state index contributed by atoms with van der Waals surface area (Å²) in [6.07, 6.45) is 0.848. The molecule has 1 amide bonds. The van der Waals surface area contributed by atoms with E-state index in [1.54, 1.807) is 12.1 Å². The molecule has 3 rings (SSSR count). The Balaban J connectivity index is 1.49. The number of halogens is 1. The Morgan fingerprint density at radius 2 is 1.58 bits per heavy atom. The van der Waals surface area contributed by atoms with Crippen molar-refractivity contribution in [2.45, 2.75) is 13.0 Å². The highest BCUT2D eigenvalue weighted by molar-refractivity contribution is 6.31. The Hall–Kier alpha value is -2.78. The number of amides is 1. The third-order valence-corrected chi connectivity index (χ3v) is 4.38. The molecule has 4 heteroatoms. The van der Waals surface area contributed by atoms with E-state index in [1.807, 2.05) is 54.6 Å². The van der Waals surface area contributed by atoms with Gasteiger partial charge in [0.25, 0.3) is 5.91 Å². The zero-order chi connectivity index (χ0) is 18.2. The summed E-state index contributed by atoms with van der Waals surface area (Å²) < 4.78 is 5.74. The van der Waals surface area contributed by atoms with Gasteiger partial charge < -0.3 is 10.1 Å². The summed E-state index contributed by atoms with van der Waals surface area (Å²) in [6.45, 7) is 0.996. The molecule has 3 aromatic carbocycles. The fourth-order valence-corrected chi connectivity index (χ4v) is 2.76. The zero-order valence-corrected chi connectivity index (χ0v) is 15.1. The molecule has 0 aliphatic carbocycles. The minimum absolute atomic E-state index is 0.138. The number of rotatable bonds is 7. The van der Waals surface area contributed by atoms with Crippen LogP contribution >= 0.6 is 11.6 Å². The van der Waals surface area contributed by atoms with Crippen molar-refractivity contribution in [1.82, 2.24) is 5.32 Å². The predicted octanol–water partition coefficient (Wildman–Crippen LogP) is 4.89. The van der Waals surface area contributed by atoms with Crippen LogP contribution in [0.1, 0.15) is 21.5 Å². The third-order valence-electron chi connectivity index (χ3n) is 4.02. The van der Waals surface area contributed by atoms with Crippen molar-refractivity contribution < 1.29 is 9.53 Å². The van der Waals surface area contributed by atoms with Crippen molar-refractivity contribution in [3.8, 4) is 5.75 Å². The van der Waals surface area contributed by atoms with Crippen LogP contribution in [0.25, 0.3) is 0 Å². The molecule has 1 N–H and O–H groups in total. The fraction of sp³-hybridized carbons (Fsp3) is 0.136. The molecule has 0 bridgehead atoms. The third kappa shape index (κ3) is 5.11. The van der Waals surface area contributed by atoms with Gasteiger partial charge in [-0.1, -0.05) is 60.1 Å². The van der Waals surface area contributed by atoms with Crippen LogP contribution in [-0.2, 0) is 13.0 Å². The molecule has 0 atom stereocenters. The van der Waals surface area contributed by atoms with Crippen LogP contribution < -0.4 is 10.1 Å². The molecule has 26 heavy (non-hydrogen) atoms. The van der Waals surface area contributed by atoms with Gasteiger partial charge in [-0.05, 0) is 41.5 Å². The summed E-state index contributed by atoms with van der Waals surface area (Å²) in [5.41, 5.74) is 2.72. The molecular weight excluding hydrogens is 346 g/mol. The Morgan fingerprint density at radius 1 is 0.885 bits per heavy atom. The van der Waals surface area contributed by atoms with Gasteiger partial charge in [-0.3, -0.25) is 4.79 Å². The highest BCUT2D eigenvalue weighted by atomic mass is 35.5. The van der Waals surface area contributed by atoms with Crippen molar-refractivity contribution in [3.63, 3.8) is 0 Å². The molecule has 0 unspecified atom stereocenters. The second-order valence-corrected chi connectivity index (χ2v) is 6.29. The van der Waals surface area contributed by atoms with E-state index in [9.17, 15) is 4.79 Å². The minimum Gasteiger partial charge on any atom is -0.493 e. The molecule has 3 aromatic rings. The van der Waals surface area contributed by atoms with Gasteiger partial charge in [-0.25, -0.2) is 0 Å². The standard InChI is InChI=1S/C22H20ClNO2/c23-21-9-5-4-8-19(21)16-24-22(25)18-10-12-20(13-11-18)26-15-14-17-6-2-1-3-7-17/h1-13H,14-16H2,(H,24,25). The minimum atomic E-state index is -0.138. The summed E-state index contributed by atoms with van der Waals surface area (Å²) in [5.74, 6) is 0.615. The number of ether oxygens (including phenoxy) is 1. The Labute approximate surface area is 158 Å². The quantitative estimate of drug-likeness (QED) is 0.647. The largest absolute Gasteiger partial charge is 0.493 e. The Morgan fingerprint density at radius 3 is 2.31 bits per heavy atom. The summed E-state index contributed by atoms with van der Waals surface area (Å²) in [7, 11) is 0. The molecule has 0 saturated heterocycles. The second kappa shape index (κ2) is 9.07. The van der Waals surface area contributed by atoms with Gasteiger partial charge in [-0.15, -0.1) is 0 Å². The number of benzene rings is 3. The molecule has 0 spiro atoms. The summed E-state index contributed by atoms with van der Waals surface area (Å²) >= 11 is 6.10. The number of hydrogen-bond donors (Lipinski definition) is 1. The number of carbonyl (C=O) groups is 1. The van der Waals surface area contributed by atoms with Gasteiger partial charge in [0.1, 0.15) is 5.75 Å². The van der Waals surface area contributed by atoms with E-state index >= 15 is 0 Å². The van der Waals surface area contributed by atoms with Crippen LogP contribution in [0.2, 0.25) is 5.02 Å². The molecule has 0 aromatic heterocycles. The van der Waals surface area contributed by atoms with E-state index in [2.05, 4.69) is 17.4 Å². The molecular formula is C22H20ClNO2. The molecule has 0 aliphatic rings. The molecule has 0 aliphatic heterocycles. The molecule has 0 fully saturated rings. The average molecular weight is 366 g/mol. The molecule has 0 heterocycles. The van der Waals surface area contributed by atoms with Crippen LogP contribution in [0.5, 0.6) is 5.75 Å². The second-order valence-electron chi connectivity index (χ2n) is 5.88. The van der Waals surface area contributed by atoms with Crippen LogP contribution in [0.3, 0.4) is 0 Å². The monoisotopic (exact) mass is 365 g/mol. The summed E-state index contributed by atoms with van der Waals surface area (Å²) in [4.78, 5) is 12.2. The smallest absolute Gasteiger partial charge is 0.251 e. The van der Waals surface area contributed by atoms with E-state index in [-0.39, 0.29) is 5.91 Å². The number of hydrogen-bond acceptors (Lipinski definition) is 2. The van der Waals surface area contributed by atoms with Crippen LogP contribution in [0.4, 0.5) is 0 Å². The number of nitrogens with one attached hydrogen (secondary N) is 1. The van der Waals surface area contributed by atoms with E-state index in [4.69, 9.17) is 16.3 Å². The van der Waals surface area contributed by atoms with Crippen molar-refractivity contribution in [2.75, 3.05) is 6.61 Å². The first-order valence-electron chi connectivity index (χ1n) is 8.51. The normalized spacial score (nSPS) is 10.3. The lowest BCUT2D eigenvalue weighted by molar-refractivity contribution is 0.0951. The van der Waals surface area contributed by atoms with Crippen LogP contribution in [0, 0.1) is 0 Å². The summed E-state index contributed by atoms with van der Waals surface area (Å²) in [5, 5.41) is 3.52. The van der Waals surface area contributed by atoms with E-state index in [0.29, 0.717) is 23.7 Å². The summed E-state index contributed by atoms with van der Waals surface area (Å²) in [6, 6.07) is 24.8. The van der Waals surface area contributed by atoms with Crippen molar-refractivity contribution >= 4 is 17.5 Å². The Kier molecular flexibility index (Phi) is 6.29. The number of carbonyl (C=O) groups excluding carboxylic acids is 1. The van der Waals surface area contributed by atoms with Crippen molar-refractivity contribution in [1.29, 1.82) is 0 Å². The average Bonchev–Trinajstić information content (AvgIpc) is 2.68. The maximum Gasteiger partial charge on any atom is 0.251 e. The zero-order valence-electron chi connectivity index (χ0n) is 14.3. The highest BCUT2D eigenvalue weighted by Gasteiger charge is 2.07. The molecule has 132 valence electrons. The Bertz CT molecular complexity index is 848.